The molecule has 1 amide bonds. The lowest BCUT2D eigenvalue weighted by atomic mass is 10.0. The zero-order valence-electron chi connectivity index (χ0n) is 17.2. The van der Waals surface area contributed by atoms with Crippen molar-refractivity contribution in [1.82, 2.24) is 5.32 Å². The van der Waals surface area contributed by atoms with Crippen LogP contribution in [0.2, 0.25) is 0 Å². The fourth-order valence-corrected chi connectivity index (χ4v) is 2.20. The van der Waals surface area contributed by atoms with Crippen molar-refractivity contribution in [1.29, 1.82) is 0 Å². The minimum Gasteiger partial charge on any atom is -0.507 e. The van der Waals surface area contributed by atoms with Gasteiger partial charge in [0.05, 0.1) is 38.6 Å². The number of ether oxygens (including phenoxy) is 4. The Morgan fingerprint density at radius 2 is 1.86 bits per heavy atom. The maximum atomic E-state index is 12.5. The SMILES string of the molecule is CCCCOC(=O)C(C)(CO)NC(=O)c1ccc(OCCOCCOC)cc1O. The number of nitrogens with one attached hydrogen (secondary N) is 1. The molecule has 1 unspecified atom stereocenters. The highest BCUT2D eigenvalue weighted by molar-refractivity contribution is 6.00. The van der Waals surface area contributed by atoms with Gasteiger partial charge in [0.25, 0.3) is 5.91 Å². The summed E-state index contributed by atoms with van der Waals surface area (Å²) in [5, 5.41) is 22.1. The molecule has 29 heavy (non-hydrogen) atoms. The molecule has 164 valence electrons. The number of phenols is 1. The fourth-order valence-electron chi connectivity index (χ4n) is 2.20. The van der Waals surface area contributed by atoms with E-state index in [4.69, 9.17) is 18.9 Å². The number of hydrogen-bond donors (Lipinski definition) is 3. The highest BCUT2D eigenvalue weighted by atomic mass is 16.5. The molecule has 0 aromatic heterocycles. The number of aliphatic hydroxyl groups is 1. The number of aliphatic hydroxyl groups excluding tert-OH is 1. The third kappa shape index (κ3) is 8.26. The standard InChI is InChI=1S/C20H31NO8/c1-4-5-8-29-19(25)20(2,14-22)21-18(24)16-7-6-15(13-17(16)23)28-12-11-27-10-9-26-3/h6-7,13,22-23H,4-5,8-12,14H2,1-3H3,(H,21,24). The molecule has 0 aliphatic heterocycles. The van der Waals surface area contributed by atoms with E-state index in [0.717, 1.165) is 6.42 Å². The lowest BCUT2D eigenvalue weighted by molar-refractivity contribution is -0.152. The lowest BCUT2D eigenvalue weighted by Gasteiger charge is -2.26. The molecule has 0 radical (unpaired) electrons. The number of aromatic hydroxyl groups is 1. The molecule has 0 heterocycles. The van der Waals surface area contributed by atoms with Gasteiger partial charge in [-0.3, -0.25) is 4.79 Å². The van der Waals surface area contributed by atoms with Gasteiger partial charge in [-0.2, -0.15) is 0 Å². The van der Waals surface area contributed by atoms with Crippen molar-refractivity contribution >= 4 is 11.9 Å². The summed E-state index contributed by atoms with van der Waals surface area (Å²) in [6.45, 7) is 4.42. The van der Waals surface area contributed by atoms with Crippen molar-refractivity contribution in [3.05, 3.63) is 23.8 Å². The Morgan fingerprint density at radius 1 is 1.14 bits per heavy atom. The number of carbonyl (C=O) groups excluding carboxylic acids is 2. The number of methoxy groups -OCH3 is 1. The summed E-state index contributed by atoms with van der Waals surface area (Å²) in [5.41, 5.74) is -1.68. The van der Waals surface area contributed by atoms with Crippen LogP contribution in [0.4, 0.5) is 0 Å². The van der Waals surface area contributed by atoms with Crippen LogP contribution in [0, 0.1) is 0 Å². The molecule has 1 atom stereocenters. The number of esters is 1. The number of hydrogen-bond acceptors (Lipinski definition) is 8. The molecule has 3 N–H and O–H groups in total. The number of rotatable bonds is 14. The third-order valence-corrected chi connectivity index (χ3v) is 4.03. The average molecular weight is 413 g/mol. The molecule has 9 nitrogen and oxygen atoms in total. The Labute approximate surface area is 170 Å². The van der Waals surface area contributed by atoms with Gasteiger partial charge in [-0.15, -0.1) is 0 Å². The van der Waals surface area contributed by atoms with Crippen molar-refractivity contribution in [2.45, 2.75) is 32.2 Å². The lowest BCUT2D eigenvalue weighted by Crippen LogP contribution is -2.55. The van der Waals surface area contributed by atoms with Gasteiger partial charge in [-0.05, 0) is 25.5 Å². The van der Waals surface area contributed by atoms with Crippen LogP contribution in [0.15, 0.2) is 18.2 Å². The van der Waals surface area contributed by atoms with Crippen LogP contribution in [0.25, 0.3) is 0 Å². The van der Waals surface area contributed by atoms with E-state index in [1.165, 1.54) is 25.1 Å². The van der Waals surface area contributed by atoms with Gasteiger partial charge in [0, 0.05) is 13.2 Å². The second-order valence-electron chi connectivity index (χ2n) is 6.57. The molecule has 0 saturated heterocycles. The third-order valence-electron chi connectivity index (χ3n) is 4.03. The van der Waals surface area contributed by atoms with Crippen LogP contribution in [-0.2, 0) is 19.0 Å². The minimum absolute atomic E-state index is 0.0604. The van der Waals surface area contributed by atoms with E-state index in [1.54, 1.807) is 7.11 Å². The molecule has 0 aliphatic carbocycles. The Hall–Kier alpha value is -2.36. The van der Waals surface area contributed by atoms with E-state index in [2.05, 4.69) is 5.32 Å². The van der Waals surface area contributed by atoms with Gasteiger partial charge < -0.3 is 34.5 Å². The number of unbranched alkanes of at least 4 members (excludes halogenated alkanes) is 1. The summed E-state index contributed by atoms with van der Waals surface area (Å²) in [6, 6.07) is 4.17. The van der Waals surface area contributed by atoms with Crippen molar-refractivity contribution in [3.63, 3.8) is 0 Å². The molecule has 0 fully saturated rings. The highest BCUT2D eigenvalue weighted by Gasteiger charge is 2.36. The molecule has 0 saturated carbocycles. The smallest absolute Gasteiger partial charge is 0.333 e. The van der Waals surface area contributed by atoms with Crippen LogP contribution < -0.4 is 10.1 Å². The minimum atomic E-state index is -1.62. The van der Waals surface area contributed by atoms with Crippen molar-refractivity contribution in [3.8, 4) is 11.5 Å². The van der Waals surface area contributed by atoms with Crippen LogP contribution in [-0.4, -0.2) is 74.4 Å². The van der Waals surface area contributed by atoms with Crippen LogP contribution in [0.5, 0.6) is 11.5 Å². The number of carbonyl (C=O) groups is 2. The molecule has 0 aliphatic rings. The summed E-state index contributed by atoms with van der Waals surface area (Å²) < 4.78 is 20.7. The summed E-state index contributed by atoms with van der Waals surface area (Å²) in [4.78, 5) is 24.7. The zero-order valence-corrected chi connectivity index (χ0v) is 17.2. The first kappa shape index (κ1) is 24.7. The summed E-state index contributed by atoms with van der Waals surface area (Å²) >= 11 is 0. The Morgan fingerprint density at radius 3 is 2.48 bits per heavy atom. The number of phenolic OH excluding ortho intramolecular Hbond substituents is 1. The predicted octanol–water partition coefficient (Wildman–Crippen LogP) is 1.26. The summed E-state index contributed by atoms with van der Waals surface area (Å²) in [7, 11) is 1.58. The van der Waals surface area contributed by atoms with E-state index in [0.29, 0.717) is 32.0 Å². The monoisotopic (exact) mass is 413 g/mol. The second-order valence-corrected chi connectivity index (χ2v) is 6.57. The Kier molecular flexibility index (Phi) is 11.0. The molecule has 0 spiro atoms. The summed E-state index contributed by atoms with van der Waals surface area (Å²) in [5.74, 6) is -1.42. The van der Waals surface area contributed by atoms with Crippen LogP contribution in [0.1, 0.15) is 37.0 Å². The van der Waals surface area contributed by atoms with Gasteiger partial charge >= 0.3 is 5.97 Å². The van der Waals surface area contributed by atoms with Gasteiger partial charge in [-0.25, -0.2) is 4.79 Å². The van der Waals surface area contributed by atoms with E-state index < -0.39 is 24.0 Å². The summed E-state index contributed by atoms with van der Waals surface area (Å²) in [6.07, 6.45) is 1.53. The van der Waals surface area contributed by atoms with Gasteiger partial charge in [0.2, 0.25) is 0 Å². The highest BCUT2D eigenvalue weighted by Crippen LogP contribution is 2.24. The number of benzene rings is 1. The van der Waals surface area contributed by atoms with Crippen LogP contribution >= 0.6 is 0 Å². The Balaban J connectivity index is 2.65. The molecule has 9 heteroatoms. The van der Waals surface area contributed by atoms with Crippen LogP contribution in [0.3, 0.4) is 0 Å². The van der Waals surface area contributed by atoms with Crippen molar-refractivity contribution in [2.75, 3.05) is 46.8 Å². The van der Waals surface area contributed by atoms with Crippen molar-refractivity contribution in [2.24, 2.45) is 0 Å². The largest absolute Gasteiger partial charge is 0.507 e. The molecule has 1 aromatic rings. The molecule has 1 aromatic carbocycles. The normalized spacial score (nSPS) is 12.8. The van der Waals surface area contributed by atoms with E-state index in [1.807, 2.05) is 6.92 Å². The fraction of sp³-hybridized carbons (Fsp3) is 0.600. The topological polar surface area (TPSA) is 124 Å². The first-order valence-corrected chi connectivity index (χ1v) is 9.51. The van der Waals surface area contributed by atoms with Gasteiger partial charge in [-0.1, -0.05) is 13.3 Å². The van der Waals surface area contributed by atoms with Gasteiger partial charge in [0.1, 0.15) is 18.1 Å². The quantitative estimate of drug-likeness (QED) is 0.308. The van der Waals surface area contributed by atoms with E-state index in [9.17, 15) is 19.8 Å². The van der Waals surface area contributed by atoms with E-state index in [-0.39, 0.29) is 24.5 Å². The van der Waals surface area contributed by atoms with Gasteiger partial charge in [0.15, 0.2) is 5.54 Å². The maximum absolute atomic E-state index is 12.5. The Bertz CT molecular complexity index is 651. The molecular weight excluding hydrogens is 382 g/mol. The predicted molar refractivity (Wildman–Crippen MR) is 105 cm³/mol. The zero-order chi connectivity index (χ0) is 21.7. The average Bonchev–Trinajstić information content (AvgIpc) is 2.70. The maximum Gasteiger partial charge on any atom is 0.333 e. The molecule has 0 bridgehead atoms. The second kappa shape index (κ2) is 13.0. The molecular formula is C20H31NO8. The van der Waals surface area contributed by atoms with Crippen molar-refractivity contribution < 1.29 is 38.7 Å². The first-order chi connectivity index (χ1) is 13.9. The van der Waals surface area contributed by atoms with E-state index >= 15 is 0 Å². The first-order valence-electron chi connectivity index (χ1n) is 9.51. The number of amides is 1. The molecule has 1 rings (SSSR count).